The molecule has 0 fully saturated rings. The highest BCUT2D eigenvalue weighted by Gasteiger charge is 2.11. The first-order valence-electron chi connectivity index (χ1n) is 8.03. The monoisotopic (exact) mass is 324 g/mol. The Morgan fingerprint density at radius 2 is 1.91 bits per heavy atom. The first-order chi connectivity index (χ1) is 11.2. The van der Waals surface area contributed by atoms with E-state index in [1.807, 2.05) is 13.8 Å². The van der Waals surface area contributed by atoms with Gasteiger partial charge in [-0.2, -0.15) is 0 Å². The molecular weight excluding hydrogens is 296 g/mol. The van der Waals surface area contributed by atoms with Crippen LogP contribution in [0.1, 0.15) is 35.9 Å². The quantitative estimate of drug-likeness (QED) is 0.343. The summed E-state index contributed by atoms with van der Waals surface area (Å²) in [5.74, 6) is 0.963. The number of carbonyl (C=O) groups excluding carboxylic acids is 1. The predicted octanol–water partition coefficient (Wildman–Crippen LogP) is 1.30. The Balaban J connectivity index is 2.09. The van der Waals surface area contributed by atoms with Gasteiger partial charge in [0.15, 0.2) is 11.7 Å². The number of aliphatic imine (C=N–C) groups is 1. The zero-order valence-electron chi connectivity index (χ0n) is 14.3. The Morgan fingerprint density at radius 1 is 1.22 bits per heavy atom. The predicted molar refractivity (Wildman–Crippen MR) is 90.9 cm³/mol. The zero-order valence-corrected chi connectivity index (χ0v) is 14.3. The van der Waals surface area contributed by atoms with Crippen molar-refractivity contribution in [1.29, 1.82) is 0 Å². The van der Waals surface area contributed by atoms with Crippen LogP contribution in [0.25, 0.3) is 0 Å². The van der Waals surface area contributed by atoms with E-state index in [2.05, 4.69) is 20.9 Å². The number of furan rings is 1. The third-order valence-corrected chi connectivity index (χ3v) is 3.19. The van der Waals surface area contributed by atoms with Crippen LogP contribution in [0.5, 0.6) is 0 Å². The molecule has 0 aromatic carbocycles. The molecule has 130 valence electrons. The van der Waals surface area contributed by atoms with Gasteiger partial charge < -0.3 is 25.1 Å². The highest BCUT2D eigenvalue weighted by atomic mass is 16.5. The van der Waals surface area contributed by atoms with Crippen LogP contribution in [-0.2, 0) is 4.74 Å². The molecule has 7 nitrogen and oxygen atoms in total. The summed E-state index contributed by atoms with van der Waals surface area (Å²) in [6.45, 7) is 7.44. The Bertz CT molecular complexity index is 485. The largest absolute Gasteiger partial charge is 0.459 e. The maximum atomic E-state index is 11.8. The Hall–Kier alpha value is -2.02. The summed E-state index contributed by atoms with van der Waals surface area (Å²) in [5, 5.41) is 9.25. The van der Waals surface area contributed by atoms with Gasteiger partial charge in [0.05, 0.1) is 6.26 Å². The molecule has 23 heavy (non-hydrogen) atoms. The molecule has 3 N–H and O–H groups in total. The van der Waals surface area contributed by atoms with Crippen LogP contribution in [-0.4, -0.2) is 51.8 Å². The van der Waals surface area contributed by atoms with Crippen molar-refractivity contribution in [3.8, 4) is 0 Å². The first kappa shape index (κ1) is 19.0. The van der Waals surface area contributed by atoms with Gasteiger partial charge >= 0.3 is 0 Å². The molecule has 1 amide bonds. The number of guanidine groups is 1. The number of nitrogens with one attached hydrogen (secondary N) is 3. The van der Waals surface area contributed by atoms with Gasteiger partial charge in [0.25, 0.3) is 5.91 Å². The molecule has 1 heterocycles. The van der Waals surface area contributed by atoms with Crippen molar-refractivity contribution in [3.63, 3.8) is 0 Å². The number of nitrogens with zero attached hydrogens (tertiary/aromatic N) is 1. The molecule has 7 heteroatoms. The number of hydrogen-bond acceptors (Lipinski definition) is 4. The van der Waals surface area contributed by atoms with Gasteiger partial charge in [-0.05, 0) is 32.8 Å². The smallest absolute Gasteiger partial charge is 0.287 e. The topological polar surface area (TPSA) is 87.9 Å². The third-order valence-electron chi connectivity index (χ3n) is 3.19. The Morgan fingerprint density at radius 3 is 2.52 bits per heavy atom. The van der Waals surface area contributed by atoms with E-state index in [1.165, 1.54) is 6.26 Å². The van der Waals surface area contributed by atoms with E-state index in [0.717, 1.165) is 50.7 Å². The van der Waals surface area contributed by atoms with Crippen molar-refractivity contribution < 1.29 is 13.9 Å². The second-order valence-corrected chi connectivity index (χ2v) is 5.02. The maximum absolute atomic E-state index is 11.8. The fraction of sp³-hybridized carbons (Fsp3) is 0.625. The van der Waals surface area contributed by atoms with Crippen molar-refractivity contribution in [2.45, 2.75) is 26.7 Å². The van der Waals surface area contributed by atoms with Crippen LogP contribution < -0.4 is 16.0 Å². The van der Waals surface area contributed by atoms with Gasteiger partial charge in [-0.25, -0.2) is 0 Å². The van der Waals surface area contributed by atoms with Gasteiger partial charge in [-0.1, -0.05) is 0 Å². The van der Waals surface area contributed by atoms with Crippen LogP contribution in [0.15, 0.2) is 21.7 Å². The molecule has 0 aliphatic carbocycles. The van der Waals surface area contributed by atoms with E-state index < -0.39 is 0 Å². The van der Waals surface area contributed by atoms with E-state index in [9.17, 15) is 4.79 Å². The fourth-order valence-corrected chi connectivity index (χ4v) is 1.93. The van der Waals surface area contributed by atoms with Crippen LogP contribution in [0, 0.1) is 6.92 Å². The van der Waals surface area contributed by atoms with Gasteiger partial charge in [0, 0.05) is 45.5 Å². The Labute approximate surface area is 137 Å². The average molecular weight is 324 g/mol. The standard InChI is InChI=1S/C16H28N4O3/c1-4-22-11-6-10-20-16(17-3)19-9-5-8-18-15(21)14-13(2)7-12-23-14/h7,12H,4-6,8-11H2,1-3H3,(H,18,21)(H2,17,19,20). The highest BCUT2D eigenvalue weighted by Crippen LogP contribution is 2.07. The molecule has 1 aromatic rings. The molecule has 0 spiro atoms. The molecule has 0 saturated carbocycles. The van der Waals surface area contributed by atoms with Gasteiger partial charge in [0.2, 0.25) is 0 Å². The van der Waals surface area contributed by atoms with Crippen molar-refractivity contribution in [1.82, 2.24) is 16.0 Å². The van der Waals surface area contributed by atoms with Gasteiger partial charge in [-0.15, -0.1) is 0 Å². The number of aryl methyl sites for hydroxylation is 1. The number of ether oxygens (including phenoxy) is 1. The molecule has 0 bridgehead atoms. The average Bonchev–Trinajstić information content (AvgIpc) is 2.98. The lowest BCUT2D eigenvalue weighted by Crippen LogP contribution is -2.39. The molecule has 0 aliphatic rings. The lowest BCUT2D eigenvalue weighted by molar-refractivity contribution is 0.0925. The fourth-order valence-electron chi connectivity index (χ4n) is 1.93. The number of amides is 1. The van der Waals surface area contributed by atoms with Crippen molar-refractivity contribution >= 4 is 11.9 Å². The summed E-state index contributed by atoms with van der Waals surface area (Å²) in [4.78, 5) is 16.0. The second-order valence-electron chi connectivity index (χ2n) is 5.02. The minimum atomic E-state index is -0.175. The number of rotatable bonds is 10. The summed E-state index contributed by atoms with van der Waals surface area (Å²) < 4.78 is 10.4. The summed E-state index contributed by atoms with van der Waals surface area (Å²) in [6, 6.07) is 1.78. The minimum Gasteiger partial charge on any atom is -0.459 e. The number of carbonyl (C=O) groups is 1. The van der Waals surface area contributed by atoms with E-state index in [4.69, 9.17) is 9.15 Å². The van der Waals surface area contributed by atoms with Crippen LogP contribution in [0.3, 0.4) is 0 Å². The first-order valence-corrected chi connectivity index (χ1v) is 8.03. The van der Waals surface area contributed by atoms with Crippen molar-refractivity contribution in [2.75, 3.05) is 39.9 Å². The van der Waals surface area contributed by atoms with Crippen LogP contribution in [0.2, 0.25) is 0 Å². The SMILES string of the molecule is CCOCCCNC(=NC)NCCCNC(=O)c1occc1C. The van der Waals surface area contributed by atoms with Crippen LogP contribution in [0.4, 0.5) is 0 Å². The third kappa shape index (κ3) is 7.69. The summed E-state index contributed by atoms with van der Waals surface area (Å²) in [5.41, 5.74) is 0.845. The molecule has 0 aliphatic heterocycles. The van der Waals surface area contributed by atoms with E-state index in [-0.39, 0.29) is 5.91 Å². The van der Waals surface area contributed by atoms with E-state index in [0.29, 0.717) is 12.3 Å². The summed E-state index contributed by atoms with van der Waals surface area (Å²) >= 11 is 0. The lowest BCUT2D eigenvalue weighted by atomic mass is 10.2. The molecule has 0 radical (unpaired) electrons. The maximum Gasteiger partial charge on any atom is 0.287 e. The molecule has 0 saturated heterocycles. The Kier molecular flexibility index (Phi) is 9.54. The van der Waals surface area contributed by atoms with E-state index in [1.54, 1.807) is 13.1 Å². The molecular formula is C16H28N4O3. The molecule has 1 aromatic heterocycles. The molecule has 0 atom stereocenters. The van der Waals surface area contributed by atoms with Gasteiger partial charge in [-0.3, -0.25) is 9.79 Å². The highest BCUT2D eigenvalue weighted by molar-refractivity contribution is 5.92. The van der Waals surface area contributed by atoms with Gasteiger partial charge in [0.1, 0.15) is 0 Å². The summed E-state index contributed by atoms with van der Waals surface area (Å²) in [7, 11) is 1.74. The molecule has 1 rings (SSSR count). The summed E-state index contributed by atoms with van der Waals surface area (Å²) in [6.07, 6.45) is 3.26. The van der Waals surface area contributed by atoms with Crippen molar-refractivity contribution in [2.24, 2.45) is 4.99 Å². The van der Waals surface area contributed by atoms with Crippen LogP contribution >= 0.6 is 0 Å². The normalized spacial score (nSPS) is 11.3. The number of hydrogen-bond donors (Lipinski definition) is 3. The minimum absolute atomic E-state index is 0.175. The van der Waals surface area contributed by atoms with Crippen molar-refractivity contribution in [3.05, 3.63) is 23.7 Å². The lowest BCUT2D eigenvalue weighted by Gasteiger charge is -2.12. The second kappa shape index (κ2) is 11.5. The zero-order chi connectivity index (χ0) is 16.9. The van der Waals surface area contributed by atoms with E-state index >= 15 is 0 Å². The molecule has 0 unspecified atom stereocenters.